The summed E-state index contributed by atoms with van der Waals surface area (Å²) in [5.74, 6) is -0.979. The fourth-order valence-electron chi connectivity index (χ4n) is 2.16. The normalized spacial score (nSPS) is 10.3. The highest BCUT2D eigenvalue weighted by molar-refractivity contribution is 6.34. The van der Waals surface area contributed by atoms with Crippen molar-refractivity contribution in [2.75, 3.05) is 11.4 Å². The quantitative estimate of drug-likeness (QED) is 0.900. The summed E-state index contributed by atoms with van der Waals surface area (Å²) < 4.78 is 0. The van der Waals surface area contributed by atoms with Crippen LogP contribution in [0, 0.1) is 6.92 Å². The van der Waals surface area contributed by atoms with Crippen LogP contribution in [0.1, 0.15) is 22.8 Å². The number of halogens is 1. The van der Waals surface area contributed by atoms with Crippen LogP contribution in [0.3, 0.4) is 0 Å². The van der Waals surface area contributed by atoms with E-state index >= 15 is 0 Å². The summed E-state index contributed by atoms with van der Waals surface area (Å²) in [6.45, 7) is 4.61. The third-order valence-electron chi connectivity index (χ3n) is 3.15. The van der Waals surface area contributed by atoms with Crippen LogP contribution in [0.4, 0.5) is 11.4 Å². The minimum atomic E-state index is -0.979. The first-order valence-electron chi connectivity index (χ1n) is 6.40. The number of nitrogens with zero attached hydrogens (tertiary/aromatic N) is 1. The van der Waals surface area contributed by atoms with Gasteiger partial charge in [-0.3, -0.25) is 0 Å². The van der Waals surface area contributed by atoms with Crippen molar-refractivity contribution in [1.29, 1.82) is 0 Å². The Morgan fingerprint density at radius 3 is 2.40 bits per heavy atom. The molecule has 104 valence electrons. The molecule has 0 aliphatic carbocycles. The lowest BCUT2D eigenvalue weighted by molar-refractivity contribution is 0.0697. The molecule has 0 atom stereocenters. The van der Waals surface area contributed by atoms with Crippen molar-refractivity contribution < 1.29 is 9.90 Å². The minimum absolute atomic E-state index is 0.208. The van der Waals surface area contributed by atoms with Gasteiger partial charge in [-0.25, -0.2) is 4.79 Å². The Kier molecular flexibility index (Phi) is 4.30. The minimum Gasteiger partial charge on any atom is -0.478 e. The number of rotatable bonds is 4. The van der Waals surface area contributed by atoms with E-state index < -0.39 is 5.97 Å². The largest absolute Gasteiger partial charge is 0.478 e. The number of carboxylic acids is 1. The average molecular weight is 290 g/mol. The van der Waals surface area contributed by atoms with Gasteiger partial charge in [-0.15, -0.1) is 0 Å². The summed E-state index contributed by atoms with van der Waals surface area (Å²) >= 11 is 6.22. The molecule has 0 saturated carbocycles. The molecule has 0 saturated heterocycles. The Balaban J connectivity index is 2.57. The first kappa shape index (κ1) is 14.4. The number of aromatic carboxylic acids is 1. The molecule has 2 aromatic carbocycles. The summed E-state index contributed by atoms with van der Waals surface area (Å²) in [5.41, 5.74) is 2.82. The maximum atomic E-state index is 11.4. The van der Waals surface area contributed by atoms with Crippen LogP contribution in [0.25, 0.3) is 0 Å². The molecule has 2 rings (SSSR count). The lowest BCUT2D eigenvalue weighted by atomic mass is 10.1. The van der Waals surface area contributed by atoms with E-state index in [0.717, 1.165) is 11.3 Å². The number of carbonyl (C=O) groups is 1. The molecule has 0 radical (unpaired) electrons. The molecule has 20 heavy (non-hydrogen) atoms. The van der Waals surface area contributed by atoms with Gasteiger partial charge in [-0.2, -0.15) is 0 Å². The van der Waals surface area contributed by atoms with Gasteiger partial charge in [0.05, 0.1) is 16.3 Å². The van der Waals surface area contributed by atoms with E-state index in [1.54, 1.807) is 18.2 Å². The van der Waals surface area contributed by atoms with E-state index in [1.165, 1.54) is 0 Å². The number of hydrogen-bond acceptors (Lipinski definition) is 2. The highest BCUT2D eigenvalue weighted by atomic mass is 35.5. The molecule has 0 amide bonds. The van der Waals surface area contributed by atoms with Crippen LogP contribution in [0.5, 0.6) is 0 Å². The molecule has 2 aromatic rings. The van der Waals surface area contributed by atoms with Crippen molar-refractivity contribution in [3.8, 4) is 0 Å². The zero-order valence-electron chi connectivity index (χ0n) is 11.4. The van der Waals surface area contributed by atoms with Gasteiger partial charge < -0.3 is 10.0 Å². The van der Waals surface area contributed by atoms with E-state index in [2.05, 4.69) is 0 Å². The second kappa shape index (κ2) is 5.97. The van der Waals surface area contributed by atoms with Crippen LogP contribution in [0.15, 0.2) is 42.5 Å². The SMILES string of the molecule is CCN(c1ccc(C)cc1)c1c(Cl)cccc1C(=O)O. The van der Waals surface area contributed by atoms with Gasteiger partial charge >= 0.3 is 5.97 Å². The molecule has 0 aliphatic rings. The molecule has 0 bridgehead atoms. The molecule has 0 unspecified atom stereocenters. The van der Waals surface area contributed by atoms with Crippen LogP contribution in [-0.2, 0) is 0 Å². The summed E-state index contributed by atoms with van der Waals surface area (Å²) in [5, 5.41) is 9.78. The Morgan fingerprint density at radius 2 is 1.85 bits per heavy atom. The van der Waals surface area contributed by atoms with Crippen molar-refractivity contribution >= 4 is 28.9 Å². The average Bonchev–Trinajstić information content (AvgIpc) is 2.43. The fraction of sp³-hybridized carbons (Fsp3) is 0.188. The zero-order valence-corrected chi connectivity index (χ0v) is 12.2. The highest BCUT2D eigenvalue weighted by Gasteiger charge is 2.19. The number of para-hydroxylation sites is 1. The molecule has 0 fully saturated rings. The summed E-state index contributed by atoms with van der Waals surface area (Å²) in [4.78, 5) is 13.3. The smallest absolute Gasteiger partial charge is 0.337 e. The Hall–Kier alpha value is -2.00. The van der Waals surface area contributed by atoms with Gasteiger partial charge in [-0.05, 0) is 38.1 Å². The van der Waals surface area contributed by atoms with E-state index in [9.17, 15) is 9.90 Å². The van der Waals surface area contributed by atoms with Crippen molar-refractivity contribution in [1.82, 2.24) is 0 Å². The van der Waals surface area contributed by atoms with Crippen LogP contribution >= 0.6 is 11.6 Å². The monoisotopic (exact) mass is 289 g/mol. The van der Waals surface area contributed by atoms with Crippen molar-refractivity contribution in [2.45, 2.75) is 13.8 Å². The molecular weight excluding hydrogens is 274 g/mol. The second-order valence-electron chi connectivity index (χ2n) is 4.52. The Bertz CT molecular complexity index is 623. The summed E-state index contributed by atoms with van der Waals surface area (Å²) in [6.07, 6.45) is 0. The van der Waals surface area contributed by atoms with Gasteiger partial charge in [-0.1, -0.05) is 35.4 Å². The van der Waals surface area contributed by atoms with E-state index in [4.69, 9.17) is 11.6 Å². The van der Waals surface area contributed by atoms with Crippen molar-refractivity contribution in [2.24, 2.45) is 0 Å². The number of hydrogen-bond donors (Lipinski definition) is 1. The Morgan fingerprint density at radius 1 is 1.20 bits per heavy atom. The summed E-state index contributed by atoms with van der Waals surface area (Å²) in [7, 11) is 0. The topological polar surface area (TPSA) is 40.5 Å². The van der Waals surface area contributed by atoms with Gasteiger partial charge in [0.25, 0.3) is 0 Å². The maximum absolute atomic E-state index is 11.4. The number of anilines is 2. The molecule has 1 N–H and O–H groups in total. The van der Waals surface area contributed by atoms with E-state index in [1.807, 2.05) is 43.0 Å². The first-order valence-corrected chi connectivity index (χ1v) is 6.78. The molecule has 3 nitrogen and oxygen atoms in total. The lowest BCUT2D eigenvalue weighted by Crippen LogP contribution is -2.19. The van der Waals surface area contributed by atoms with Crippen LogP contribution in [-0.4, -0.2) is 17.6 Å². The molecule has 0 aliphatic heterocycles. The predicted octanol–water partition coefficient (Wildman–Crippen LogP) is 4.50. The Labute approximate surface area is 123 Å². The fourth-order valence-corrected chi connectivity index (χ4v) is 2.43. The van der Waals surface area contributed by atoms with Crippen LogP contribution < -0.4 is 4.90 Å². The molecular formula is C16H16ClNO2. The van der Waals surface area contributed by atoms with E-state index in [-0.39, 0.29) is 5.56 Å². The van der Waals surface area contributed by atoms with Gasteiger partial charge in [0.2, 0.25) is 0 Å². The molecule has 4 heteroatoms. The maximum Gasteiger partial charge on any atom is 0.337 e. The number of benzene rings is 2. The molecule has 0 heterocycles. The standard InChI is InChI=1S/C16H16ClNO2/c1-3-18(12-9-7-11(2)8-10-12)15-13(16(19)20)5-4-6-14(15)17/h4-10H,3H2,1-2H3,(H,19,20). The van der Waals surface area contributed by atoms with Gasteiger partial charge in [0.1, 0.15) is 0 Å². The second-order valence-corrected chi connectivity index (χ2v) is 4.93. The molecule has 0 spiro atoms. The zero-order chi connectivity index (χ0) is 14.7. The first-order chi connectivity index (χ1) is 9.54. The van der Waals surface area contributed by atoms with Gasteiger partial charge in [0, 0.05) is 12.2 Å². The van der Waals surface area contributed by atoms with Crippen LogP contribution in [0.2, 0.25) is 5.02 Å². The molecule has 0 aromatic heterocycles. The third-order valence-corrected chi connectivity index (χ3v) is 3.45. The summed E-state index contributed by atoms with van der Waals surface area (Å²) in [6, 6.07) is 12.9. The number of carboxylic acid groups (broad SMARTS) is 1. The number of aryl methyl sites for hydroxylation is 1. The third kappa shape index (κ3) is 2.78. The van der Waals surface area contributed by atoms with Crippen molar-refractivity contribution in [3.05, 3.63) is 58.6 Å². The predicted molar refractivity (Wildman–Crippen MR) is 82.3 cm³/mol. The van der Waals surface area contributed by atoms with E-state index in [0.29, 0.717) is 17.3 Å². The van der Waals surface area contributed by atoms with Crippen molar-refractivity contribution in [3.63, 3.8) is 0 Å². The highest BCUT2D eigenvalue weighted by Crippen LogP contribution is 2.35. The lowest BCUT2D eigenvalue weighted by Gasteiger charge is -2.26. The van der Waals surface area contributed by atoms with Gasteiger partial charge in [0.15, 0.2) is 0 Å².